The fraction of sp³-hybridized carbons (Fsp3) is 0.455. The first-order valence-corrected chi connectivity index (χ1v) is 7.47. The maximum Gasteiger partial charge on any atom is 0.202 e. The molecule has 3 heterocycles. The van der Waals surface area contributed by atoms with Crippen LogP contribution in [0.1, 0.15) is 12.8 Å². The van der Waals surface area contributed by atoms with Crippen LogP contribution in [-0.2, 0) is 6.54 Å². The molecule has 1 aliphatic heterocycles. The van der Waals surface area contributed by atoms with E-state index in [1.165, 1.54) is 18.6 Å². The van der Waals surface area contributed by atoms with Gasteiger partial charge < -0.3 is 5.73 Å². The van der Waals surface area contributed by atoms with Gasteiger partial charge in [0.2, 0.25) is 5.95 Å². The molecule has 17 heavy (non-hydrogen) atoms. The van der Waals surface area contributed by atoms with Crippen LogP contribution in [-0.4, -0.2) is 25.5 Å². The summed E-state index contributed by atoms with van der Waals surface area (Å²) in [5.41, 5.74) is 7.72. The van der Waals surface area contributed by atoms with Gasteiger partial charge in [0.05, 0.1) is 0 Å². The second-order valence-electron chi connectivity index (χ2n) is 4.21. The Morgan fingerprint density at radius 1 is 1.59 bits per heavy atom. The Balaban J connectivity index is 1.99. The average molecular weight is 313 g/mol. The first kappa shape index (κ1) is 11.3. The van der Waals surface area contributed by atoms with Crippen molar-refractivity contribution in [2.75, 3.05) is 11.5 Å². The molecule has 2 N–H and O–H groups in total. The number of halogens is 1. The Kier molecular flexibility index (Phi) is 3.00. The lowest BCUT2D eigenvalue weighted by atomic mass is 10.2. The number of pyridine rings is 1. The lowest BCUT2D eigenvalue weighted by molar-refractivity contribution is 0.654. The summed E-state index contributed by atoms with van der Waals surface area (Å²) in [5.74, 6) is 1.83. The number of aromatic nitrogens is 3. The summed E-state index contributed by atoms with van der Waals surface area (Å²) < 4.78 is 2.97. The Morgan fingerprint density at radius 3 is 3.24 bits per heavy atom. The molecule has 1 atom stereocenters. The molecule has 1 fully saturated rings. The van der Waals surface area contributed by atoms with Gasteiger partial charge in [0, 0.05) is 22.5 Å². The van der Waals surface area contributed by atoms with Crippen molar-refractivity contribution in [1.82, 2.24) is 14.5 Å². The third kappa shape index (κ3) is 2.15. The lowest BCUT2D eigenvalue weighted by Gasteiger charge is -2.10. The van der Waals surface area contributed by atoms with Crippen LogP contribution in [0.5, 0.6) is 0 Å². The predicted molar refractivity (Wildman–Crippen MR) is 75.1 cm³/mol. The molecule has 0 radical (unpaired) electrons. The van der Waals surface area contributed by atoms with Crippen LogP contribution in [0.4, 0.5) is 5.95 Å². The highest BCUT2D eigenvalue weighted by Crippen LogP contribution is 2.29. The van der Waals surface area contributed by atoms with Gasteiger partial charge >= 0.3 is 0 Å². The molecule has 6 heteroatoms. The fourth-order valence-corrected chi connectivity index (χ4v) is 3.75. The van der Waals surface area contributed by atoms with Crippen molar-refractivity contribution in [3.05, 3.63) is 16.7 Å². The van der Waals surface area contributed by atoms with E-state index in [4.69, 9.17) is 5.73 Å². The number of imidazole rings is 1. The minimum Gasteiger partial charge on any atom is -0.369 e. The summed E-state index contributed by atoms with van der Waals surface area (Å²) in [4.78, 5) is 8.76. The standard InChI is InChI=1S/C11H13BrN4S/c12-7-4-9-10(14-5-7)16(11(13)15-9)6-8-2-1-3-17-8/h4-5,8H,1-3,6H2,(H2,13,15). The van der Waals surface area contributed by atoms with Gasteiger partial charge in [-0.3, -0.25) is 4.57 Å². The van der Waals surface area contributed by atoms with E-state index in [2.05, 4.69) is 25.9 Å². The van der Waals surface area contributed by atoms with E-state index >= 15 is 0 Å². The van der Waals surface area contributed by atoms with E-state index < -0.39 is 0 Å². The summed E-state index contributed by atoms with van der Waals surface area (Å²) in [5, 5.41) is 0.653. The van der Waals surface area contributed by atoms with Gasteiger partial charge in [0.25, 0.3) is 0 Å². The number of thioether (sulfide) groups is 1. The zero-order valence-corrected chi connectivity index (χ0v) is 11.7. The number of anilines is 1. The van der Waals surface area contributed by atoms with Crippen molar-refractivity contribution in [2.45, 2.75) is 24.6 Å². The van der Waals surface area contributed by atoms with Crippen LogP contribution < -0.4 is 5.73 Å². The van der Waals surface area contributed by atoms with Gasteiger partial charge in [-0.1, -0.05) is 0 Å². The summed E-state index contributed by atoms with van der Waals surface area (Å²) in [6, 6.07) is 1.96. The van der Waals surface area contributed by atoms with Crippen LogP contribution in [0.2, 0.25) is 0 Å². The number of fused-ring (bicyclic) bond motifs is 1. The molecule has 0 amide bonds. The quantitative estimate of drug-likeness (QED) is 0.926. The fourth-order valence-electron chi connectivity index (χ4n) is 2.18. The molecular formula is C11H13BrN4S. The zero-order valence-electron chi connectivity index (χ0n) is 9.27. The van der Waals surface area contributed by atoms with E-state index in [1.54, 1.807) is 6.20 Å². The number of nitrogens with two attached hydrogens (primary N) is 1. The SMILES string of the molecule is Nc1nc2cc(Br)cnc2n1CC1CCCS1. The number of hydrogen-bond acceptors (Lipinski definition) is 4. The molecule has 1 unspecified atom stereocenters. The minimum atomic E-state index is 0.568. The molecule has 90 valence electrons. The monoisotopic (exact) mass is 312 g/mol. The summed E-state index contributed by atoms with van der Waals surface area (Å²) in [7, 11) is 0. The van der Waals surface area contributed by atoms with E-state index in [1.807, 2.05) is 22.4 Å². The molecule has 0 bridgehead atoms. The average Bonchev–Trinajstić information content (AvgIpc) is 2.88. The first-order chi connectivity index (χ1) is 8.24. The molecule has 4 nitrogen and oxygen atoms in total. The van der Waals surface area contributed by atoms with Crippen molar-refractivity contribution < 1.29 is 0 Å². The normalized spacial score (nSPS) is 20.2. The van der Waals surface area contributed by atoms with E-state index in [0.29, 0.717) is 11.2 Å². The van der Waals surface area contributed by atoms with Crippen molar-refractivity contribution >= 4 is 44.8 Å². The third-order valence-corrected chi connectivity index (χ3v) is 4.81. The summed E-state index contributed by atoms with van der Waals surface area (Å²) in [6.45, 7) is 0.918. The van der Waals surface area contributed by atoms with Crippen LogP contribution in [0.25, 0.3) is 11.2 Å². The topological polar surface area (TPSA) is 56.7 Å². The molecular weight excluding hydrogens is 300 g/mol. The van der Waals surface area contributed by atoms with Gasteiger partial charge in [-0.2, -0.15) is 11.8 Å². The third-order valence-electron chi connectivity index (χ3n) is 2.99. The van der Waals surface area contributed by atoms with Crippen LogP contribution in [0.3, 0.4) is 0 Å². The van der Waals surface area contributed by atoms with Gasteiger partial charge in [0.15, 0.2) is 5.65 Å². The maximum absolute atomic E-state index is 5.97. The lowest BCUT2D eigenvalue weighted by Crippen LogP contribution is -2.12. The first-order valence-electron chi connectivity index (χ1n) is 5.63. The Hall–Kier alpha value is -0.750. The number of nitrogens with zero attached hydrogens (tertiary/aromatic N) is 3. The van der Waals surface area contributed by atoms with E-state index in [9.17, 15) is 0 Å². The van der Waals surface area contributed by atoms with Gasteiger partial charge in [0.1, 0.15) is 5.52 Å². The Labute approximate surface area is 112 Å². The largest absolute Gasteiger partial charge is 0.369 e. The molecule has 2 aromatic heterocycles. The van der Waals surface area contributed by atoms with Crippen molar-refractivity contribution in [2.24, 2.45) is 0 Å². The molecule has 2 aromatic rings. The Morgan fingerprint density at radius 2 is 2.47 bits per heavy atom. The Bertz CT molecular complexity index is 548. The second kappa shape index (κ2) is 4.49. The van der Waals surface area contributed by atoms with Crippen molar-refractivity contribution in [3.63, 3.8) is 0 Å². The molecule has 1 aliphatic rings. The van der Waals surface area contributed by atoms with Gasteiger partial charge in [-0.05, 0) is 40.6 Å². The predicted octanol–water partition coefficient (Wildman–Crippen LogP) is 2.67. The number of nitrogen functional groups attached to an aromatic ring is 1. The van der Waals surface area contributed by atoms with Crippen molar-refractivity contribution in [1.29, 1.82) is 0 Å². The van der Waals surface area contributed by atoms with Gasteiger partial charge in [-0.25, -0.2) is 9.97 Å². The number of rotatable bonds is 2. The smallest absolute Gasteiger partial charge is 0.202 e. The van der Waals surface area contributed by atoms with Crippen LogP contribution in [0.15, 0.2) is 16.7 Å². The minimum absolute atomic E-state index is 0.568. The van der Waals surface area contributed by atoms with Crippen LogP contribution >= 0.6 is 27.7 Å². The highest BCUT2D eigenvalue weighted by molar-refractivity contribution is 9.10. The van der Waals surface area contributed by atoms with E-state index in [0.717, 1.165) is 22.2 Å². The highest BCUT2D eigenvalue weighted by atomic mass is 79.9. The molecule has 3 rings (SSSR count). The molecule has 1 saturated heterocycles. The molecule has 0 aliphatic carbocycles. The maximum atomic E-state index is 5.97. The molecule has 0 saturated carbocycles. The van der Waals surface area contributed by atoms with Crippen molar-refractivity contribution in [3.8, 4) is 0 Å². The highest BCUT2D eigenvalue weighted by Gasteiger charge is 2.19. The van der Waals surface area contributed by atoms with Crippen LogP contribution in [0, 0.1) is 0 Å². The zero-order chi connectivity index (χ0) is 11.8. The van der Waals surface area contributed by atoms with Gasteiger partial charge in [-0.15, -0.1) is 0 Å². The molecule has 0 spiro atoms. The summed E-state index contributed by atoms with van der Waals surface area (Å²) in [6.07, 6.45) is 4.36. The molecule has 0 aromatic carbocycles. The number of hydrogen-bond donors (Lipinski definition) is 1. The van der Waals surface area contributed by atoms with E-state index in [-0.39, 0.29) is 0 Å². The summed E-state index contributed by atoms with van der Waals surface area (Å²) >= 11 is 5.42. The second-order valence-corrected chi connectivity index (χ2v) is 6.54.